The van der Waals surface area contributed by atoms with E-state index in [1.165, 1.54) is 0 Å². The lowest BCUT2D eigenvalue weighted by Crippen LogP contribution is -2.33. The second-order valence-corrected chi connectivity index (χ2v) is 7.51. The summed E-state index contributed by atoms with van der Waals surface area (Å²) in [6.45, 7) is 4.49. The van der Waals surface area contributed by atoms with Gasteiger partial charge in [0, 0.05) is 26.2 Å². The maximum absolute atomic E-state index is 12.8. The molecule has 2 amide bonds. The van der Waals surface area contributed by atoms with E-state index in [-0.39, 0.29) is 11.8 Å². The molecule has 1 aromatic heterocycles. The third kappa shape index (κ3) is 4.59. The van der Waals surface area contributed by atoms with Crippen molar-refractivity contribution in [3.63, 3.8) is 0 Å². The lowest BCUT2D eigenvalue weighted by molar-refractivity contribution is 0.0935. The van der Waals surface area contributed by atoms with Crippen LogP contribution in [0.1, 0.15) is 50.8 Å². The van der Waals surface area contributed by atoms with Gasteiger partial charge in [0.25, 0.3) is 11.8 Å². The minimum Gasteiger partial charge on any atom is -0.348 e. The fourth-order valence-corrected chi connectivity index (χ4v) is 3.44. The van der Waals surface area contributed by atoms with Crippen LogP contribution < -0.4 is 10.6 Å². The van der Waals surface area contributed by atoms with Crippen molar-refractivity contribution >= 4 is 11.8 Å². The Labute approximate surface area is 166 Å². The number of rotatable bonds is 7. The zero-order chi connectivity index (χ0) is 20.1. The number of hydrogen-bond donors (Lipinski definition) is 2. The molecule has 0 radical (unpaired) electrons. The van der Waals surface area contributed by atoms with Crippen LogP contribution >= 0.6 is 0 Å². The smallest absolute Gasteiger partial charge is 0.287 e. The molecule has 2 aromatic rings. The van der Waals surface area contributed by atoms with Crippen LogP contribution in [-0.2, 0) is 19.5 Å². The minimum absolute atomic E-state index is 0.219. The fourth-order valence-electron chi connectivity index (χ4n) is 3.44. The van der Waals surface area contributed by atoms with Gasteiger partial charge in [-0.15, -0.1) is 0 Å². The van der Waals surface area contributed by atoms with Crippen LogP contribution in [0, 0.1) is 6.92 Å². The first-order valence-electron chi connectivity index (χ1n) is 9.82. The summed E-state index contributed by atoms with van der Waals surface area (Å²) >= 11 is 0. The molecule has 1 aromatic carbocycles. The Morgan fingerprint density at radius 1 is 1.14 bits per heavy atom. The predicted molar refractivity (Wildman–Crippen MR) is 108 cm³/mol. The van der Waals surface area contributed by atoms with E-state index in [0.717, 1.165) is 49.2 Å². The van der Waals surface area contributed by atoms with Gasteiger partial charge in [-0.25, -0.2) is 4.98 Å². The molecule has 28 heavy (non-hydrogen) atoms. The van der Waals surface area contributed by atoms with Crippen molar-refractivity contribution in [1.29, 1.82) is 0 Å². The topological polar surface area (TPSA) is 79.3 Å². The van der Waals surface area contributed by atoms with E-state index < -0.39 is 0 Å². The lowest BCUT2D eigenvalue weighted by atomic mass is 10.1. The number of carbonyl (C=O) groups excluding carboxylic acids is 2. The zero-order valence-electron chi connectivity index (χ0n) is 16.9. The van der Waals surface area contributed by atoms with Gasteiger partial charge in [0.05, 0.1) is 5.69 Å². The third-order valence-electron chi connectivity index (χ3n) is 5.08. The van der Waals surface area contributed by atoms with Gasteiger partial charge in [0.1, 0.15) is 5.69 Å². The maximum atomic E-state index is 12.8. The van der Waals surface area contributed by atoms with Crippen LogP contribution in [-0.4, -0.2) is 53.5 Å². The highest BCUT2D eigenvalue weighted by Gasteiger charge is 2.27. The monoisotopic (exact) mass is 383 g/mol. The molecule has 0 unspecified atom stereocenters. The van der Waals surface area contributed by atoms with E-state index >= 15 is 0 Å². The number of carbonyl (C=O) groups is 2. The number of aryl methyl sites for hydroxylation is 1. The molecule has 1 aliphatic heterocycles. The minimum atomic E-state index is -0.221. The zero-order valence-corrected chi connectivity index (χ0v) is 16.9. The molecule has 0 aliphatic carbocycles. The van der Waals surface area contributed by atoms with Gasteiger partial charge < -0.3 is 20.1 Å². The molecule has 150 valence electrons. The summed E-state index contributed by atoms with van der Waals surface area (Å²) in [5.41, 5.74) is 3.46. The van der Waals surface area contributed by atoms with Crippen molar-refractivity contribution in [1.82, 2.24) is 25.1 Å². The average molecular weight is 383 g/mol. The summed E-state index contributed by atoms with van der Waals surface area (Å²) < 4.78 is 1.91. The number of nitrogens with one attached hydrogen (secondary N) is 2. The SMILES string of the molecule is Cc1ccccc1CNC(=O)c1nc(C(=O)NCCN(C)C)n2c1CCCC2. The van der Waals surface area contributed by atoms with E-state index in [1.54, 1.807) is 0 Å². The Bertz CT molecular complexity index is 856. The molecule has 0 fully saturated rings. The Kier molecular flexibility index (Phi) is 6.46. The van der Waals surface area contributed by atoms with Crippen molar-refractivity contribution in [2.75, 3.05) is 27.2 Å². The molecule has 1 aliphatic rings. The first-order chi connectivity index (χ1) is 13.5. The van der Waals surface area contributed by atoms with Gasteiger partial charge in [-0.05, 0) is 51.4 Å². The number of benzene rings is 1. The van der Waals surface area contributed by atoms with E-state index in [2.05, 4.69) is 15.6 Å². The number of aromatic nitrogens is 2. The highest BCUT2D eigenvalue weighted by Crippen LogP contribution is 2.21. The molecular formula is C21H29N5O2. The van der Waals surface area contributed by atoms with Gasteiger partial charge in [0.2, 0.25) is 0 Å². The fraction of sp³-hybridized carbons (Fsp3) is 0.476. The predicted octanol–water partition coefficient (Wildman–Crippen LogP) is 1.75. The van der Waals surface area contributed by atoms with Crippen LogP contribution in [0.3, 0.4) is 0 Å². The van der Waals surface area contributed by atoms with Crippen molar-refractivity contribution in [3.05, 3.63) is 52.6 Å². The van der Waals surface area contributed by atoms with Crippen LogP contribution in [0.4, 0.5) is 0 Å². The quantitative estimate of drug-likeness (QED) is 0.763. The first-order valence-corrected chi connectivity index (χ1v) is 9.82. The molecule has 7 nitrogen and oxygen atoms in total. The van der Waals surface area contributed by atoms with E-state index in [1.807, 2.05) is 54.8 Å². The molecule has 0 bridgehead atoms. The van der Waals surface area contributed by atoms with Gasteiger partial charge in [-0.2, -0.15) is 0 Å². The van der Waals surface area contributed by atoms with Gasteiger partial charge in [-0.1, -0.05) is 24.3 Å². The van der Waals surface area contributed by atoms with Gasteiger partial charge in [0.15, 0.2) is 5.82 Å². The normalized spacial score (nSPS) is 13.3. The molecule has 0 saturated heterocycles. The summed E-state index contributed by atoms with van der Waals surface area (Å²) in [6.07, 6.45) is 2.77. The van der Waals surface area contributed by atoms with Crippen LogP contribution in [0.2, 0.25) is 0 Å². The van der Waals surface area contributed by atoms with Gasteiger partial charge in [-0.3, -0.25) is 9.59 Å². The molecule has 2 heterocycles. The van der Waals surface area contributed by atoms with Crippen LogP contribution in [0.25, 0.3) is 0 Å². The number of imidazole rings is 1. The molecule has 7 heteroatoms. The van der Waals surface area contributed by atoms with E-state index in [0.29, 0.717) is 24.6 Å². The lowest BCUT2D eigenvalue weighted by Gasteiger charge is -2.17. The Hall–Kier alpha value is -2.67. The molecule has 2 N–H and O–H groups in total. The third-order valence-corrected chi connectivity index (χ3v) is 5.08. The highest BCUT2D eigenvalue weighted by molar-refractivity contribution is 5.97. The molecule has 0 spiro atoms. The second-order valence-electron chi connectivity index (χ2n) is 7.51. The highest BCUT2D eigenvalue weighted by atomic mass is 16.2. The van der Waals surface area contributed by atoms with Crippen LogP contribution in [0.15, 0.2) is 24.3 Å². The van der Waals surface area contributed by atoms with E-state index in [4.69, 9.17) is 0 Å². The molecular weight excluding hydrogens is 354 g/mol. The average Bonchev–Trinajstić information content (AvgIpc) is 3.07. The summed E-state index contributed by atoms with van der Waals surface area (Å²) in [4.78, 5) is 31.9. The number of fused-ring (bicyclic) bond motifs is 1. The molecule has 0 atom stereocenters. The van der Waals surface area contributed by atoms with Gasteiger partial charge >= 0.3 is 0 Å². The number of nitrogens with zero attached hydrogens (tertiary/aromatic N) is 3. The van der Waals surface area contributed by atoms with E-state index in [9.17, 15) is 9.59 Å². The number of amides is 2. The Morgan fingerprint density at radius 3 is 2.68 bits per heavy atom. The maximum Gasteiger partial charge on any atom is 0.287 e. The van der Waals surface area contributed by atoms with Crippen LogP contribution in [0.5, 0.6) is 0 Å². The number of hydrogen-bond acceptors (Lipinski definition) is 4. The summed E-state index contributed by atoms with van der Waals surface area (Å²) in [7, 11) is 3.92. The van der Waals surface area contributed by atoms with Crippen molar-refractivity contribution in [3.8, 4) is 0 Å². The summed E-state index contributed by atoms with van der Waals surface area (Å²) in [5.74, 6) is -0.0984. The van der Waals surface area contributed by atoms with Crippen molar-refractivity contribution in [2.24, 2.45) is 0 Å². The van der Waals surface area contributed by atoms with Crippen molar-refractivity contribution < 1.29 is 9.59 Å². The standard InChI is InChI=1S/C21H29N5O2/c1-15-8-4-5-9-16(15)14-23-20(27)18-17-10-6-7-12-26(17)19(24-18)21(28)22-11-13-25(2)3/h4-5,8-9H,6-7,10-14H2,1-3H3,(H,22,28)(H,23,27). The summed E-state index contributed by atoms with van der Waals surface area (Å²) in [6, 6.07) is 7.97. The Balaban J connectivity index is 1.75. The summed E-state index contributed by atoms with van der Waals surface area (Å²) in [5, 5.41) is 5.87. The molecule has 3 rings (SSSR count). The first kappa shape index (κ1) is 20.1. The van der Waals surface area contributed by atoms with Crippen molar-refractivity contribution in [2.45, 2.75) is 39.3 Å². The largest absolute Gasteiger partial charge is 0.348 e. The molecule has 0 saturated carbocycles. The Morgan fingerprint density at radius 2 is 1.93 bits per heavy atom. The second kappa shape index (κ2) is 9.01. The number of likely N-dealkylation sites (N-methyl/N-ethyl adjacent to an activating group) is 1.